The minimum absolute atomic E-state index is 0.0382. The van der Waals surface area contributed by atoms with Crippen LogP contribution in [-0.2, 0) is 11.2 Å². The van der Waals surface area contributed by atoms with Gasteiger partial charge in [0, 0.05) is 39.9 Å². The summed E-state index contributed by atoms with van der Waals surface area (Å²) in [5.74, 6) is -3.97. The maximum Gasteiger partial charge on any atom is 0.254 e. The number of carbonyl (C=O) groups excluding carboxylic acids is 2. The standard InChI is InChI=1S/C24H18F3IN2O2/c25-20-9-8-18(19(22(20)27)10-14-6-7-16(28)11-21(14)26)24(32)30-12-15(13-30)23(31)29-17-4-2-1-3-5-17/h1-9,11,15H,10,12-13H2,(H,29,31). The molecule has 0 atom stereocenters. The molecule has 1 heterocycles. The third-order valence-corrected chi connectivity index (χ3v) is 6.06. The van der Waals surface area contributed by atoms with Crippen LogP contribution in [0.15, 0.2) is 60.7 Å². The smallest absolute Gasteiger partial charge is 0.254 e. The van der Waals surface area contributed by atoms with Gasteiger partial charge in [-0.05, 0) is 64.6 Å². The van der Waals surface area contributed by atoms with Crippen LogP contribution in [0.1, 0.15) is 21.5 Å². The molecule has 4 rings (SSSR count). The second-order valence-corrected chi connectivity index (χ2v) is 8.81. The van der Waals surface area contributed by atoms with E-state index in [0.29, 0.717) is 9.26 Å². The van der Waals surface area contributed by atoms with Crippen LogP contribution < -0.4 is 5.32 Å². The maximum atomic E-state index is 14.6. The normalized spacial score (nSPS) is 13.6. The zero-order valence-electron chi connectivity index (χ0n) is 16.7. The quantitative estimate of drug-likeness (QED) is 0.455. The lowest BCUT2D eigenvalue weighted by Crippen LogP contribution is -2.54. The Balaban J connectivity index is 1.50. The average molecular weight is 550 g/mol. The number of hydrogen-bond donors (Lipinski definition) is 1. The summed E-state index contributed by atoms with van der Waals surface area (Å²) in [5.41, 5.74) is 0.577. The van der Waals surface area contributed by atoms with Crippen molar-refractivity contribution in [1.29, 1.82) is 0 Å². The van der Waals surface area contributed by atoms with Crippen molar-refractivity contribution in [2.45, 2.75) is 6.42 Å². The predicted octanol–water partition coefficient (Wildman–Crippen LogP) is 5.01. The molecule has 3 aromatic carbocycles. The molecular formula is C24H18F3IN2O2. The molecule has 2 amide bonds. The van der Waals surface area contributed by atoms with Gasteiger partial charge >= 0.3 is 0 Å². The molecule has 0 saturated carbocycles. The summed E-state index contributed by atoms with van der Waals surface area (Å²) in [6.45, 7) is 0.321. The molecule has 4 nitrogen and oxygen atoms in total. The number of nitrogens with one attached hydrogen (secondary N) is 1. The molecule has 0 unspecified atom stereocenters. The van der Waals surface area contributed by atoms with Gasteiger partial charge in [-0.15, -0.1) is 0 Å². The van der Waals surface area contributed by atoms with Gasteiger partial charge in [-0.1, -0.05) is 24.3 Å². The summed E-state index contributed by atoms with van der Waals surface area (Å²) < 4.78 is 43.5. The SMILES string of the molecule is O=C(Nc1ccccc1)C1CN(C(=O)c2ccc(F)c(F)c2Cc2ccc(I)cc2F)C1. The number of rotatable bonds is 5. The third-order valence-electron chi connectivity index (χ3n) is 5.39. The molecule has 164 valence electrons. The van der Waals surface area contributed by atoms with E-state index in [1.54, 1.807) is 30.3 Å². The molecule has 1 saturated heterocycles. The highest BCUT2D eigenvalue weighted by Crippen LogP contribution is 2.27. The van der Waals surface area contributed by atoms with Crippen LogP contribution in [0.4, 0.5) is 18.9 Å². The molecule has 0 spiro atoms. The number of para-hydroxylation sites is 1. The van der Waals surface area contributed by atoms with Crippen molar-refractivity contribution in [1.82, 2.24) is 4.90 Å². The van der Waals surface area contributed by atoms with Gasteiger partial charge in [-0.25, -0.2) is 13.2 Å². The Kier molecular flexibility index (Phi) is 6.50. The Labute approximate surface area is 196 Å². The number of likely N-dealkylation sites (tertiary alicyclic amines) is 1. The van der Waals surface area contributed by atoms with Gasteiger partial charge in [0.15, 0.2) is 11.6 Å². The van der Waals surface area contributed by atoms with Gasteiger partial charge in [0.2, 0.25) is 5.91 Å². The first-order chi connectivity index (χ1) is 15.3. The van der Waals surface area contributed by atoms with Crippen LogP contribution in [0, 0.1) is 26.9 Å². The number of nitrogens with zero attached hydrogens (tertiary/aromatic N) is 1. The topological polar surface area (TPSA) is 49.4 Å². The van der Waals surface area contributed by atoms with E-state index in [0.717, 1.165) is 6.07 Å². The summed E-state index contributed by atoms with van der Waals surface area (Å²) >= 11 is 1.95. The molecular weight excluding hydrogens is 532 g/mol. The lowest BCUT2D eigenvalue weighted by atomic mass is 9.94. The molecule has 1 fully saturated rings. The van der Waals surface area contributed by atoms with Crippen LogP contribution >= 0.6 is 22.6 Å². The molecule has 1 aliphatic heterocycles. The third kappa shape index (κ3) is 4.64. The first-order valence-electron chi connectivity index (χ1n) is 9.89. The number of benzene rings is 3. The Morgan fingerprint density at radius 2 is 1.69 bits per heavy atom. The highest BCUT2D eigenvalue weighted by Gasteiger charge is 2.37. The highest BCUT2D eigenvalue weighted by molar-refractivity contribution is 14.1. The molecule has 0 aromatic heterocycles. The summed E-state index contributed by atoms with van der Waals surface area (Å²) in [5, 5.41) is 2.79. The summed E-state index contributed by atoms with van der Waals surface area (Å²) in [6.07, 6.45) is -0.265. The van der Waals surface area contributed by atoms with Gasteiger partial charge in [-0.3, -0.25) is 9.59 Å². The first kappa shape index (κ1) is 22.3. The monoisotopic (exact) mass is 550 g/mol. The van der Waals surface area contributed by atoms with Crippen molar-refractivity contribution in [3.8, 4) is 0 Å². The van der Waals surface area contributed by atoms with Crippen LogP contribution in [0.5, 0.6) is 0 Å². The zero-order valence-corrected chi connectivity index (χ0v) is 18.9. The number of carbonyl (C=O) groups is 2. The van der Waals surface area contributed by atoms with Crippen LogP contribution in [0.3, 0.4) is 0 Å². The van der Waals surface area contributed by atoms with Gasteiger partial charge in [0.25, 0.3) is 5.91 Å². The fourth-order valence-electron chi connectivity index (χ4n) is 3.57. The van der Waals surface area contributed by atoms with E-state index in [-0.39, 0.29) is 42.1 Å². The molecule has 1 N–H and O–H groups in total. The van der Waals surface area contributed by atoms with E-state index < -0.39 is 29.3 Å². The number of hydrogen-bond acceptors (Lipinski definition) is 2. The minimum atomic E-state index is -1.17. The van der Waals surface area contributed by atoms with Crippen molar-refractivity contribution in [2.24, 2.45) is 5.92 Å². The highest BCUT2D eigenvalue weighted by atomic mass is 127. The molecule has 8 heteroatoms. The Hall–Kier alpha value is -2.88. The van der Waals surface area contributed by atoms with E-state index in [1.165, 1.54) is 23.1 Å². The van der Waals surface area contributed by atoms with E-state index in [9.17, 15) is 22.8 Å². The van der Waals surface area contributed by atoms with E-state index in [4.69, 9.17) is 0 Å². The number of amides is 2. The molecule has 0 aliphatic carbocycles. The number of halogens is 4. The summed E-state index contributed by atoms with van der Waals surface area (Å²) in [6, 6.07) is 15.5. The summed E-state index contributed by atoms with van der Waals surface area (Å²) in [7, 11) is 0. The van der Waals surface area contributed by atoms with Gasteiger partial charge < -0.3 is 10.2 Å². The fourth-order valence-corrected chi connectivity index (χ4v) is 4.02. The molecule has 3 aromatic rings. The number of anilines is 1. The van der Waals surface area contributed by atoms with Crippen molar-refractivity contribution >= 4 is 40.1 Å². The Morgan fingerprint density at radius 1 is 0.969 bits per heavy atom. The second-order valence-electron chi connectivity index (χ2n) is 7.56. The van der Waals surface area contributed by atoms with Gasteiger partial charge in [0.05, 0.1) is 5.92 Å². The van der Waals surface area contributed by atoms with Crippen molar-refractivity contribution < 1.29 is 22.8 Å². The molecule has 1 aliphatic rings. The first-order valence-corrected chi connectivity index (χ1v) is 11.0. The molecule has 0 radical (unpaired) electrons. The van der Waals surface area contributed by atoms with Crippen molar-refractivity contribution in [3.05, 3.63) is 98.4 Å². The zero-order chi connectivity index (χ0) is 22.8. The summed E-state index contributed by atoms with van der Waals surface area (Å²) in [4.78, 5) is 26.7. The molecule has 32 heavy (non-hydrogen) atoms. The fraction of sp³-hybridized carbons (Fsp3) is 0.167. The lowest BCUT2D eigenvalue weighted by Gasteiger charge is -2.38. The molecule has 0 bridgehead atoms. The second kappa shape index (κ2) is 9.32. The van der Waals surface area contributed by atoms with E-state index >= 15 is 0 Å². The van der Waals surface area contributed by atoms with Crippen LogP contribution in [-0.4, -0.2) is 29.8 Å². The van der Waals surface area contributed by atoms with Gasteiger partial charge in [-0.2, -0.15) is 0 Å². The minimum Gasteiger partial charge on any atom is -0.337 e. The Bertz CT molecular complexity index is 1180. The average Bonchev–Trinajstić information content (AvgIpc) is 2.72. The Morgan fingerprint density at radius 3 is 2.38 bits per heavy atom. The van der Waals surface area contributed by atoms with Crippen LogP contribution in [0.2, 0.25) is 0 Å². The van der Waals surface area contributed by atoms with Crippen LogP contribution in [0.25, 0.3) is 0 Å². The van der Waals surface area contributed by atoms with E-state index in [1.807, 2.05) is 28.7 Å². The maximum absolute atomic E-state index is 14.6. The predicted molar refractivity (Wildman–Crippen MR) is 123 cm³/mol. The van der Waals surface area contributed by atoms with Gasteiger partial charge in [0.1, 0.15) is 5.82 Å². The van der Waals surface area contributed by atoms with E-state index in [2.05, 4.69) is 5.32 Å². The van der Waals surface area contributed by atoms with Crippen molar-refractivity contribution in [2.75, 3.05) is 18.4 Å². The largest absolute Gasteiger partial charge is 0.337 e. The lowest BCUT2D eigenvalue weighted by molar-refractivity contribution is -0.123. The van der Waals surface area contributed by atoms with Crippen molar-refractivity contribution in [3.63, 3.8) is 0 Å².